The molecule has 0 fully saturated rings. The highest BCUT2D eigenvalue weighted by molar-refractivity contribution is 6.01. The highest BCUT2D eigenvalue weighted by atomic mass is 19.4. The lowest BCUT2D eigenvalue weighted by Crippen LogP contribution is -2.15. The van der Waals surface area contributed by atoms with Gasteiger partial charge in [-0.15, -0.1) is 5.10 Å². The third-order valence-corrected chi connectivity index (χ3v) is 5.11. The number of nitrogens with one attached hydrogen (secondary N) is 2. The summed E-state index contributed by atoms with van der Waals surface area (Å²) in [5.41, 5.74) is 0.233. The molecule has 2 aromatic carbocycles. The van der Waals surface area contributed by atoms with Crippen LogP contribution in [0.5, 0.6) is 5.75 Å². The number of nitrogens with zero attached hydrogens (tertiary/aromatic N) is 3. The fourth-order valence-corrected chi connectivity index (χ4v) is 3.45. The van der Waals surface area contributed by atoms with Gasteiger partial charge in [-0.25, -0.2) is 9.97 Å². The molecule has 0 bridgehead atoms. The summed E-state index contributed by atoms with van der Waals surface area (Å²) in [6.45, 7) is 0.470. The zero-order valence-electron chi connectivity index (χ0n) is 19.2. The molecular formula is C25H22F3N5O3. The van der Waals surface area contributed by atoms with Crippen molar-refractivity contribution in [1.82, 2.24) is 20.2 Å². The highest BCUT2D eigenvalue weighted by Crippen LogP contribution is 2.39. The van der Waals surface area contributed by atoms with E-state index in [0.717, 1.165) is 11.6 Å². The van der Waals surface area contributed by atoms with Crippen LogP contribution in [0.25, 0.3) is 11.1 Å². The largest absolute Gasteiger partial charge is 0.491 e. The summed E-state index contributed by atoms with van der Waals surface area (Å²) >= 11 is 0. The van der Waals surface area contributed by atoms with Crippen LogP contribution in [0.2, 0.25) is 0 Å². The van der Waals surface area contributed by atoms with Crippen LogP contribution in [0.3, 0.4) is 0 Å². The predicted octanol–water partition coefficient (Wildman–Crippen LogP) is 4.75. The molecule has 0 aliphatic carbocycles. The molecule has 0 saturated carbocycles. The molecule has 0 unspecified atom stereocenters. The summed E-state index contributed by atoms with van der Waals surface area (Å²) < 4.78 is 51.5. The van der Waals surface area contributed by atoms with Crippen molar-refractivity contribution in [2.75, 3.05) is 25.6 Å². The van der Waals surface area contributed by atoms with Gasteiger partial charge in [-0.2, -0.15) is 13.2 Å². The number of carbonyl (C=O) groups is 1. The number of anilines is 1. The molecule has 2 aromatic heterocycles. The molecular weight excluding hydrogens is 475 g/mol. The number of methoxy groups -OCH3 is 1. The first-order chi connectivity index (χ1) is 17.3. The van der Waals surface area contributed by atoms with E-state index in [1.165, 1.54) is 37.6 Å². The van der Waals surface area contributed by atoms with Gasteiger partial charge in [0.1, 0.15) is 24.0 Å². The van der Waals surface area contributed by atoms with Crippen LogP contribution in [0, 0.1) is 0 Å². The third-order valence-electron chi connectivity index (χ3n) is 5.11. The maximum absolute atomic E-state index is 13.7. The first kappa shape index (κ1) is 24.9. The van der Waals surface area contributed by atoms with Crippen molar-refractivity contribution in [2.45, 2.75) is 12.6 Å². The van der Waals surface area contributed by atoms with E-state index in [2.05, 4.69) is 25.5 Å². The van der Waals surface area contributed by atoms with Gasteiger partial charge in [-0.1, -0.05) is 30.3 Å². The molecule has 186 valence electrons. The number of ether oxygens (including phenoxy) is 2. The Balaban J connectivity index is 1.54. The molecule has 0 radical (unpaired) electrons. The van der Waals surface area contributed by atoms with Crippen LogP contribution in [0.4, 0.5) is 19.0 Å². The Hall–Kier alpha value is -4.25. The fourth-order valence-electron chi connectivity index (χ4n) is 3.45. The monoisotopic (exact) mass is 497 g/mol. The van der Waals surface area contributed by atoms with Crippen LogP contribution in [-0.2, 0) is 17.3 Å². The summed E-state index contributed by atoms with van der Waals surface area (Å²) in [6.07, 6.45) is -2.83. The molecule has 1 amide bonds. The van der Waals surface area contributed by atoms with E-state index in [9.17, 15) is 18.0 Å². The maximum Gasteiger partial charge on any atom is 0.417 e. The normalized spacial score (nSPS) is 11.3. The summed E-state index contributed by atoms with van der Waals surface area (Å²) in [4.78, 5) is 20.9. The van der Waals surface area contributed by atoms with Crippen LogP contribution in [0.1, 0.15) is 27.6 Å². The Kier molecular flexibility index (Phi) is 7.59. The zero-order valence-corrected chi connectivity index (χ0v) is 19.2. The molecule has 0 atom stereocenters. The van der Waals surface area contributed by atoms with Crippen molar-refractivity contribution in [3.05, 3.63) is 89.6 Å². The van der Waals surface area contributed by atoms with Gasteiger partial charge in [0.25, 0.3) is 5.91 Å². The van der Waals surface area contributed by atoms with Gasteiger partial charge < -0.3 is 14.8 Å². The van der Waals surface area contributed by atoms with Crippen molar-refractivity contribution in [3.63, 3.8) is 0 Å². The Morgan fingerprint density at radius 2 is 1.86 bits per heavy atom. The molecule has 4 rings (SSSR count). The van der Waals surface area contributed by atoms with Gasteiger partial charge in [0.05, 0.1) is 12.2 Å². The Bertz CT molecular complexity index is 1330. The van der Waals surface area contributed by atoms with E-state index in [0.29, 0.717) is 12.2 Å². The predicted molar refractivity (Wildman–Crippen MR) is 126 cm³/mol. The Morgan fingerprint density at radius 1 is 1.06 bits per heavy atom. The number of carbonyl (C=O) groups excluding carboxylic acids is 1. The van der Waals surface area contributed by atoms with Crippen molar-refractivity contribution in [1.29, 1.82) is 0 Å². The second-order valence-corrected chi connectivity index (χ2v) is 7.70. The lowest BCUT2D eigenvalue weighted by molar-refractivity contribution is -0.137. The maximum atomic E-state index is 13.7. The minimum atomic E-state index is -4.60. The first-order valence-electron chi connectivity index (χ1n) is 10.9. The number of rotatable bonds is 9. The molecule has 2 N–H and O–H groups in total. The van der Waals surface area contributed by atoms with Crippen molar-refractivity contribution < 1.29 is 27.4 Å². The SMILES string of the molecule is COCCOc1ccc(C(F)(F)F)c(-c2ccnc(NC(=O)c3n[nH]c(Cc4ccccc4)n3)c2)c1. The van der Waals surface area contributed by atoms with Gasteiger partial charge in [-0.05, 0) is 47.0 Å². The van der Waals surface area contributed by atoms with Gasteiger partial charge >= 0.3 is 6.18 Å². The zero-order chi connectivity index (χ0) is 25.5. The number of hydrogen-bond donors (Lipinski definition) is 2. The van der Waals surface area contributed by atoms with Crippen LogP contribution < -0.4 is 10.1 Å². The van der Waals surface area contributed by atoms with E-state index >= 15 is 0 Å². The quantitative estimate of drug-likeness (QED) is 0.324. The van der Waals surface area contributed by atoms with Gasteiger partial charge in [0, 0.05) is 19.7 Å². The smallest absolute Gasteiger partial charge is 0.417 e. The number of halogens is 3. The number of aromatic nitrogens is 4. The van der Waals surface area contributed by atoms with E-state index in [4.69, 9.17) is 9.47 Å². The standard InChI is InChI=1S/C25H22F3N5O3/c1-35-11-12-36-18-7-8-20(25(26,27)28)19(15-18)17-9-10-29-21(14-17)31-24(34)23-30-22(32-33-23)13-16-5-3-2-4-6-16/h2-10,14-15H,11-13H2,1H3,(H,29,31,34)(H,30,32,33). The molecule has 11 heteroatoms. The molecule has 0 aliphatic rings. The van der Waals surface area contributed by atoms with Crippen LogP contribution >= 0.6 is 0 Å². The van der Waals surface area contributed by atoms with Crippen molar-refractivity contribution >= 4 is 11.7 Å². The fraction of sp³-hybridized carbons (Fsp3) is 0.200. The third kappa shape index (κ3) is 6.25. The molecule has 36 heavy (non-hydrogen) atoms. The summed E-state index contributed by atoms with van der Waals surface area (Å²) in [7, 11) is 1.50. The number of pyridine rings is 1. The first-order valence-corrected chi connectivity index (χ1v) is 10.9. The number of amides is 1. The van der Waals surface area contributed by atoms with E-state index in [-0.39, 0.29) is 41.7 Å². The number of hydrogen-bond acceptors (Lipinski definition) is 6. The Morgan fingerprint density at radius 3 is 2.61 bits per heavy atom. The number of benzene rings is 2. The van der Waals surface area contributed by atoms with Crippen LogP contribution in [-0.4, -0.2) is 46.4 Å². The summed E-state index contributed by atoms with van der Waals surface area (Å²) in [5.74, 6) is 0.0311. The second-order valence-electron chi connectivity index (χ2n) is 7.70. The highest BCUT2D eigenvalue weighted by Gasteiger charge is 2.34. The lowest BCUT2D eigenvalue weighted by atomic mass is 9.99. The second kappa shape index (κ2) is 11.0. The van der Waals surface area contributed by atoms with Crippen LogP contribution in [0.15, 0.2) is 66.9 Å². The minimum absolute atomic E-state index is 0.0470. The molecule has 0 aliphatic heterocycles. The topological polar surface area (TPSA) is 102 Å². The van der Waals surface area contributed by atoms with E-state index in [1.54, 1.807) is 0 Å². The summed E-state index contributed by atoms with van der Waals surface area (Å²) in [5, 5.41) is 9.19. The number of alkyl halides is 3. The Labute approximate surface area is 204 Å². The van der Waals surface area contributed by atoms with Gasteiger partial charge in [0.2, 0.25) is 5.82 Å². The van der Waals surface area contributed by atoms with Gasteiger partial charge in [0.15, 0.2) is 0 Å². The number of H-pyrrole nitrogens is 1. The average molecular weight is 497 g/mol. The molecule has 2 heterocycles. The number of aromatic amines is 1. The summed E-state index contributed by atoms with van der Waals surface area (Å²) in [6, 6.07) is 15.8. The molecule has 8 nitrogen and oxygen atoms in total. The van der Waals surface area contributed by atoms with E-state index < -0.39 is 17.6 Å². The van der Waals surface area contributed by atoms with E-state index in [1.807, 2.05) is 30.3 Å². The van der Waals surface area contributed by atoms with Crippen molar-refractivity contribution in [3.8, 4) is 16.9 Å². The van der Waals surface area contributed by atoms with Gasteiger partial charge in [-0.3, -0.25) is 9.89 Å². The molecule has 0 saturated heterocycles. The average Bonchev–Trinajstić information content (AvgIpc) is 3.33. The lowest BCUT2D eigenvalue weighted by Gasteiger charge is -2.15. The molecule has 4 aromatic rings. The molecule has 0 spiro atoms. The van der Waals surface area contributed by atoms with Crippen molar-refractivity contribution in [2.24, 2.45) is 0 Å². The minimum Gasteiger partial charge on any atom is -0.491 e.